The molecule has 0 spiro atoms. The number of alkyl halides is 1. The van der Waals surface area contributed by atoms with Gasteiger partial charge in [-0.05, 0) is 6.42 Å². The lowest BCUT2D eigenvalue weighted by Crippen LogP contribution is -2.42. The van der Waals surface area contributed by atoms with Crippen LogP contribution in [0.15, 0.2) is 0 Å². The molecule has 0 unspecified atom stereocenters. The van der Waals surface area contributed by atoms with E-state index < -0.39 is 6.17 Å². The maximum Gasteiger partial charge on any atom is 0.239 e. The number of ether oxygens (including phenoxy) is 1. The summed E-state index contributed by atoms with van der Waals surface area (Å²) in [5.41, 5.74) is 0. The first kappa shape index (κ1) is 13.7. The molecule has 0 aliphatic carbocycles. The molecule has 94 valence electrons. The van der Waals surface area contributed by atoms with Gasteiger partial charge in [-0.1, -0.05) is 0 Å². The second-order valence-electron chi connectivity index (χ2n) is 4.22. The Morgan fingerprint density at radius 3 is 2.81 bits per heavy atom. The van der Waals surface area contributed by atoms with E-state index in [-0.39, 0.29) is 30.5 Å². The first-order chi connectivity index (χ1) is 7.20. The molecule has 2 fully saturated rings. The number of hydrogen-bond donors (Lipinski definition) is 1. The van der Waals surface area contributed by atoms with Crippen LogP contribution in [0.5, 0.6) is 0 Å². The van der Waals surface area contributed by atoms with Crippen molar-refractivity contribution in [3.05, 3.63) is 0 Å². The molecule has 0 aromatic heterocycles. The van der Waals surface area contributed by atoms with Crippen LogP contribution in [0.4, 0.5) is 4.39 Å². The van der Waals surface area contributed by atoms with E-state index >= 15 is 0 Å². The van der Waals surface area contributed by atoms with Crippen LogP contribution in [0.1, 0.15) is 12.8 Å². The summed E-state index contributed by atoms with van der Waals surface area (Å²) in [5.74, 6) is 0.0229. The zero-order valence-corrected chi connectivity index (χ0v) is 10.1. The Labute approximate surface area is 101 Å². The van der Waals surface area contributed by atoms with E-state index in [4.69, 9.17) is 4.74 Å². The topological polar surface area (TPSA) is 41.6 Å². The lowest BCUT2D eigenvalue weighted by Gasteiger charge is -2.20. The van der Waals surface area contributed by atoms with Gasteiger partial charge in [-0.2, -0.15) is 0 Å². The van der Waals surface area contributed by atoms with Crippen molar-refractivity contribution in [1.82, 2.24) is 10.2 Å². The lowest BCUT2D eigenvalue weighted by molar-refractivity contribution is -0.132. The van der Waals surface area contributed by atoms with E-state index in [2.05, 4.69) is 5.32 Å². The first-order valence-corrected chi connectivity index (χ1v) is 5.39. The summed E-state index contributed by atoms with van der Waals surface area (Å²) < 4.78 is 18.1. The number of amides is 1. The summed E-state index contributed by atoms with van der Waals surface area (Å²) >= 11 is 0. The summed E-state index contributed by atoms with van der Waals surface area (Å²) in [7, 11) is 1.66. The summed E-state index contributed by atoms with van der Waals surface area (Å²) in [4.78, 5) is 13.7. The number of halogens is 2. The molecule has 2 saturated heterocycles. The Kier molecular flexibility index (Phi) is 4.95. The van der Waals surface area contributed by atoms with Gasteiger partial charge in [-0.3, -0.25) is 4.79 Å². The number of carbonyl (C=O) groups excluding carboxylic acids is 1. The average Bonchev–Trinajstić information content (AvgIpc) is 2.84. The zero-order valence-electron chi connectivity index (χ0n) is 9.32. The number of likely N-dealkylation sites (tertiary alicyclic amines) is 1. The van der Waals surface area contributed by atoms with Gasteiger partial charge in [0.2, 0.25) is 5.91 Å². The minimum atomic E-state index is -0.875. The van der Waals surface area contributed by atoms with Gasteiger partial charge in [0.15, 0.2) is 0 Å². The Bertz CT molecular complexity index is 255. The first-order valence-electron chi connectivity index (χ1n) is 5.39. The summed E-state index contributed by atoms with van der Waals surface area (Å²) in [5, 5.41) is 2.91. The van der Waals surface area contributed by atoms with E-state index in [1.54, 1.807) is 12.0 Å². The van der Waals surface area contributed by atoms with E-state index in [0.29, 0.717) is 19.5 Å². The molecule has 16 heavy (non-hydrogen) atoms. The highest BCUT2D eigenvalue weighted by molar-refractivity contribution is 5.85. The monoisotopic (exact) mass is 252 g/mol. The molecule has 3 atom stereocenters. The Balaban J connectivity index is 0.00000128. The Morgan fingerprint density at radius 1 is 1.56 bits per heavy atom. The third kappa shape index (κ3) is 2.84. The third-order valence-corrected chi connectivity index (χ3v) is 3.17. The molecular formula is C10H18ClFN2O2. The second kappa shape index (κ2) is 5.80. The van der Waals surface area contributed by atoms with Gasteiger partial charge >= 0.3 is 0 Å². The molecule has 2 aliphatic heterocycles. The van der Waals surface area contributed by atoms with Crippen LogP contribution in [0.25, 0.3) is 0 Å². The smallest absolute Gasteiger partial charge is 0.239 e. The van der Waals surface area contributed by atoms with Crippen LogP contribution < -0.4 is 5.32 Å². The molecule has 2 rings (SSSR count). The van der Waals surface area contributed by atoms with E-state index in [1.807, 2.05) is 0 Å². The van der Waals surface area contributed by atoms with Crippen LogP contribution in [-0.4, -0.2) is 55.9 Å². The van der Waals surface area contributed by atoms with Crippen molar-refractivity contribution in [1.29, 1.82) is 0 Å². The van der Waals surface area contributed by atoms with Crippen molar-refractivity contribution in [3.8, 4) is 0 Å². The third-order valence-electron chi connectivity index (χ3n) is 3.17. The maximum absolute atomic E-state index is 12.9. The summed E-state index contributed by atoms with van der Waals surface area (Å²) in [6, 6.07) is -0.324. The fourth-order valence-corrected chi connectivity index (χ4v) is 2.22. The molecule has 0 radical (unpaired) electrons. The Hall–Kier alpha value is -0.390. The van der Waals surface area contributed by atoms with E-state index in [0.717, 1.165) is 13.0 Å². The fourth-order valence-electron chi connectivity index (χ4n) is 2.22. The average molecular weight is 253 g/mol. The maximum atomic E-state index is 12.9. The fraction of sp³-hybridized carbons (Fsp3) is 0.900. The van der Waals surface area contributed by atoms with Crippen molar-refractivity contribution < 1.29 is 13.9 Å². The van der Waals surface area contributed by atoms with Gasteiger partial charge in [0.1, 0.15) is 6.17 Å². The molecule has 6 heteroatoms. The minimum absolute atomic E-state index is 0. The van der Waals surface area contributed by atoms with Gasteiger partial charge < -0.3 is 15.0 Å². The van der Waals surface area contributed by atoms with Crippen LogP contribution >= 0.6 is 12.4 Å². The molecule has 1 N–H and O–H groups in total. The quantitative estimate of drug-likeness (QED) is 0.772. The highest BCUT2D eigenvalue weighted by atomic mass is 35.5. The van der Waals surface area contributed by atoms with Gasteiger partial charge in [0.05, 0.1) is 12.1 Å². The largest absolute Gasteiger partial charge is 0.380 e. The minimum Gasteiger partial charge on any atom is -0.380 e. The van der Waals surface area contributed by atoms with E-state index in [9.17, 15) is 9.18 Å². The Morgan fingerprint density at radius 2 is 2.31 bits per heavy atom. The van der Waals surface area contributed by atoms with Gasteiger partial charge in [-0.25, -0.2) is 4.39 Å². The SMILES string of the molecule is CO[C@H]1CCN(C(=O)[C@H]2C[C@H](F)CN2)C1.Cl. The van der Waals surface area contributed by atoms with Crippen molar-refractivity contribution in [2.24, 2.45) is 0 Å². The molecule has 2 heterocycles. The number of rotatable bonds is 2. The summed E-state index contributed by atoms with van der Waals surface area (Å²) in [6.07, 6.45) is 0.470. The number of hydrogen-bond acceptors (Lipinski definition) is 3. The number of methoxy groups -OCH3 is 1. The van der Waals surface area contributed by atoms with Crippen molar-refractivity contribution in [2.75, 3.05) is 26.7 Å². The van der Waals surface area contributed by atoms with Crippen LogP contribution in [0.3, 0.4) is 0 Å². The van der Waals surface area contributed by atoms with Gasteiger partial charge in [-0.15, -0.1) is 12.4 Å². The van der Waals surface area contributed by atoms with E-state index in [1.165, 1.54) is 0 Å². The summed E-state index contributed by atoms with van der Waals surface area (Å²) in [6.45, 7) is 1.68. The predicted molar refractivity (Wildman–Crippen MR) is 60.5 cm³/mol. The molecule has 0 aromatic rings. The molecular weight excluding hydrogens is 235 g/mol. The lowest BCUT2D eigenvalue weighted by atomic mass is 10.2. The molecule has 0 aromatic carbocycles. The highest BCUT2D eigenvalue weighted by Gasteiger charge is 2.35. The van der Waals surface area contributed by atoms with Gasteiger partial charge in [0, 0.05) is 33.2 Å². The number of nitrogens with one attached hydrogen (secondary N) is 1. The normalized spacial score (nSPS) is 33.9. The molecule has 4 nitrogen and oxygen atoms in total. The van der Waals surface area contributed by atoms with Gasteiger partial charge in [0.25, 0.3) is 0 Å². The van der Waals surface area contributed by atoms with Crippen molar-refractivity contribution in [3.63, 3.8) is 0 Å². The molecule has 1 amide bonds. The number of nitrogens with zero attached hydrogens (tertiary/aromatic N) is 1. The standard InChI is InChI=1S/C10H17FN2O2.ClH/c1-15-8-2-3-13(6-8)10(14)9-4-7(11)5-12-9;/h7-9,12H,2-6H2,1H3;1H/t7-,8-,9+;/m0./s1. The van der Waals surface area contributed by atoms with Crippen molar-refractivity contribution in [2.45, 2.75) is 31.2 Å². The second-order valence-corrected chi connectivity index (χ2v) is 4.22. The molecule has 0 saturated carbocycles. The highest BCUT2D eigenvalue weighted by Crippen LogP contribution is 2.17. The van der Waals surface area contributed by atoms with Crippen LogP contribution in [-0.2, 0) is 9.53 Å². The number of carbonyl (C=O) groups is 1. The zero-order chi connectivity index (χ0) is 10.8. The molecule has 2 aliphatic rings. The van der Waals surface area contributed by atoms with Crippen LogP contribution in [0, 0.1) is 0 Å². The predicted octanol–water partition coefficient (Wildman–Crippen LogP) is 0.355. The van der Waals surface area contributed by atoms with Crippen LogP contribution in [0.2, 0.25) is 0 Å². The van der Waals surface area contributed by atoms with Crippen molar-refractivity contribution >= 4 is 18.3 Å². The molecule has 0 bridgehead atoms.